The van der Waals surface area contributed by atoms with Gasteiger partial charge in [0.1, 0.15) is 5.82 Å². The molecule has 0 amide bonds. The van der Waals surface area contributed by atoms with Crippen LogP contribution in [0.3, 0.4) is 0 Å². The average Bonchev–Trinajstić information content (AvgIpc) is 2.71. The zero-order valence-electron chi connectivity index (χ0n) is 16.5. The summed E-state index contributed by atoms with van der Waals surface area (Å²) in [5, 5.41) is 9.72. The van der Waals surface area contributed by atoms with E-state index >= 15 is 0 Å². The van der Waals surface area contributed by atoms with Crippen LogP contribution in [-0.4, -0.2) is 46.8 Å². The third-order valence-electron chi connectivity index (χ3n) is 5.11. The molecule has 0 bridgehead atoms. The quantitative estimate of drug-likeness (QED) is 0.506. The van der Waals surface area contributed by atoms with Gasteiger partial charge in [-0.1, -0.05) is 36.2 Å². The molecule has 1 aliphatic heterocycles. The van der Waals surface area contributed by atoms with E-state index in [4.69, 9.17) is 0 Å². The van der Waals surface area contributed by atoms with Crippen molar-refractivity contribution in [1.29, 1.82) is 0 Å². The van der Waals surface area contributed by atoms with Crippen molar-refractivity contribution < 1.29 is 31.4 Å². The van der Waals surface area contributed by atoms with Gasteiger partial charge in [-0.25, -0.2) is 9.29 Å². The number of piperazine rings is 1. The molecule has 0 saturated carbocycles. The predicted octanol–water partition coefficient (Wildman–Crippen LogP) is 4.84. The fourth-order valence-electron chi connectivity index (χ4n) is 3.15. The Morgan fingerprint density at radius 1 is 0.968 bits per heavy atom. The van der Waals surface area contributed by atoms with Crippen LogP contribution in [0.25, 0.3) is 0 Å². The molecule has 1 saturated heterocycles. The molecule has 2 heterocycles. The summed E-state index contributed by atoms with van der Waals surface area (Å²) in [6.07, 6.45) is -7.91. The van der Waals surface area contributed by atoms with Crippen LogP contribution in [0.4, 0.5) is 32.2 Å². The molecule has 0 spiro atoms. The number of aliphatic hydroxyl groups is 1. The van der Waals surface area contributed by atoms with Crippen LogP contribution in [0, 0.1) is 0 Å². The molecule has 1 aromatic carbocycles. The number of alkyl halides is 6. The van der Waals surface area contributed by atoms with E-state index in [1.807, 2.05) is 4.31 Å². The van der Waals surface area contributed by atoms with E-state index in [9.17, 15) is 31.4 Å². The van der Waals surface area contributed by atoms with Gasteiger partial charge in [0.15, 0.2) is 5.60 Å². The third kappa shape index (κ3) is 5.45. The van der Waals surface area contributed by atoms with Crippen molar-refractivity contribution in [2.24, 2.45) is 0 Å². The van der Waals surface area contributed by atoms with Crippen LogP contribution in [0.1, 0.15) is 23.6 Å². The van der Waals surface area contributed by atoms with E-state index in [1.165, 1.54) is 48.5 Å². The molecule has 1 aromatic heterocycles. The molecular formula is C20H21F6N3OS. The Bertz CT molecular complexity index is 878. The lowest BCUT2D eigenvalue weighted by Gasteiger charge is -2.35. The van der Waals surface area contributed by atoms with Crippen molar-refractivity contribution >= 4 is 17.8 Å². The van der Waals surface area contributed by atoms with E-state index in [0.717, 1.165) is 11.6 Å². The minimum Gasteiger partial charge on any atom is -0.376 e. The van der Waals surface area contributed by atoms with Gasteiger partial charge < -0.3 is 10.0 Å². The standard InChI is InChI=1S/C20H21F6N3OS/c1-18(30,20(24,25)26)15-6-4-14(5-7-15)13-31-29-11-9-28(10-12-29)17-16(19(21,22)23)3-2-8-27-17/h2-8,30H,9-13H2,1H3. The Kier molecular flexibility index (Phi) is 6.78. The second-order valence-electron chi connectivity index (χ2n) is 7.33. The van der Waals surface area contributed by atoms with E-state index in [2.05, 4.69) is 4.98 Å². The summed E-state index contributed by atoms with van der Waals surface area (Å²) in [4.78, 5) is 5.52. The molecule has 31 heavy (non-hydrogen) atoms. The van der Waals surface area contributed by atoms with Crippen molar-refractivity contribution in [2.45, 2.75) is 30.6 Å². The van der Waals surface area contributed by atoms with Gasteiger partial charge in [-0.3, -0.25) is 0 Å². The summed E-state index contributed by atoms with van der Waals surface area (Å²) in [6, 6.07) is 7.84. The number of halogens is 6. The molecule has 1 fully saturated rings. The molecule has 1 aliphatic rings. The summed E-state index contributed by atoms with van der Waals surface area (Å²) in [7, 11) is 0. The lowest BCUT2D eigenvalue weighted by atomic mass is 9.95. The van der Waals surface area contributed by atoms with Crippen molar-refractivity contribution in [2.75, 3.05) is 31.1 Å². The molecule has 0 aliphatic carbocycles. The average molecular weight is 465 g/mol. The van der Waals surface area contributed by atoms with Gasteiger partial charge >= 0.3 is 12.4 Å². The second-order valence-corrected chi connectivity index (χ2v) is 8.39. The minimum absolute atomic E-state index is 0.0769. The van der Waals surface area contributed by atoms with Crippen molar-refractivity contribution in [3.63, 3.8) is 0 Å². The molecule has 1 unspecified atom stereocenters. The Labute approximate surface area is 180 Å². The summed E-state index contributed by atoms with van der Waals surface area (Å²) in [5.41, 5.74) is -3.14. The van der Waals surface area contributed by atoms with E-state index < -0.39 is 23.5 Å². The van der Waals surface area contributed by atoms with Gasteiger partial charge in [0.25, 0.3) is 0 Å². The molecule has 2 aromatic rings. The smallest absolute Gasteiger partial charge is 0.376 e. The minimum atomic E-state index is -4.78. The largest absolute Gasteiger partial charge is 0.421 e. The monoisotopic (exact) mass is 465 g/mol. The summed E-state index contributed by atoms with van der Waals surface area (Å²) in [6.45, 7) is 2.49. The number of pyridine rings is 1. The topological polar surface area (TPSA) is 39.6 Å². The van der Waals surface area contributed by atoms with Gasteiger partial charge in [0.05, 0.1) is 5.56 Å². The van der Waals surface area contributed by atoms with Gasteiger partial charge in [-0.05, 0) is 30.2 Å². The van der Waals surface area contributed by atoms with Crippen LogP contribution in [0.5, 0.6) is 0 Å². The Morgan fingerprint density at radius 3 is 2.13 bits per heavy atom. The second kappa shape index (κ2) is 8.87. The number of anilines is 1. The molecule has 1 N–H and O–H groups in total. The number of rotatable bonds is 5. The lowest BCUT2D eigenvalue weighted by molar-refractivity contribution is -0.258. The summed E-state index contributed by atoms with van der Waals surface area (Å²) >= 11 is 1.46. The SMILES string of the molecule is CC(O)(c1ccc(CSN2CCN(c3ncccc3C(F)(F)F)CC2)cc1)C(F)(F)F. The van der Waals surface area contributed by atoms with Crippen molar-refractivity contribution in [1.82, 2.24) is 9.29 Å². The lowest BCUT2D eigenvalue weighted by Crippen LogP contribution is -2.44. The van der Waals surface area contributed by atoms with Crippen LogP contribution in [-0.2, 0) is 17.5 Å². The van der Waals surface area contributed by atoms with E-state index in [1.54, 1.807) is 4.90 Å². The predicted molar refractivity (Wildman–Crippen MR) is 106 cm³/mol. The molecular weight excluding hydrogens is 444 g/mol. The summed E-state index contributed by atoms with van der Waals surface area (Å²) < 4.78 is 80.4. The number of hydrogen-bond donors (Lipinski definition) is 1. The zero-order chi connectivity index (χ0) is 22.9. The maximum Gasteiger partial charge on any atom is 0.421 e. The maximum atomic E-state index is 13.2. The first-order valence-electron chi connectivity index (χ1n) is 9.43. The fraction of sp³-hybridized carbons (Fsp3) is 0.450. The van der Waals surface area contributed by atoms with Gasteiger partial charge in [0, 0.05) is 38.1 Å². The first kappa shape index (κ1) is 23.7. The highest BCUT2D eigenvalue weighted by Gasteiger charge is 2.51. The molecule has 170 valence electrons. The molecule has 11 heteroatoms. The Morgan fingerprint density at radius 2 is 1.58 bits per heavy atom. The highest BCUT2D eigenvalue weighted by atomic mass is 32.2. The normalized spacial score (nSPS) is 18.1. The van der Waals surface area contributed by atoms with E-state index in [-0.39, 0.29) is 11.4 Å². The van der Waals surface area contributed by atoms with Crippen LogP contribution < -0.4 is 4.90 Å². The molecule has 1 atom stereocenters. The first-order valence-corrected chi connectivity index (χ1v) is 10.4. The molecule has 0 radical (unpaired) electrons. The van der Waals surface area contributed by atoms with Gasteiger partial charge in [0.2, 0.25) is 0 Å². The molecule has 4 nitrogen and oxygen atoms in total. The van der Waals surface area contributed by atoms with Crippen LogP contribution >= 0.6 is 11.9 Å². The van der Waals surface area contributed by atoms with Crippen LogP contribution in [0.15, 0.2) is 42.6 Å². The summed E-state index contributed by atoms with van der Waals surface area (Å²) in [5.74, 6) is 0.415. The zero-order valence-corrected chi connectivity index (χ0v) is 17.4. The number of nitrogens with zero attached hydrogens (tertiary/aromatic N) is 3. The first-order chi connectivity index (χ1) is 14.4. The van der Waals surface area contributed by atoms with Gasteiger partial charge in [-0.15, -0.1) is 0 Å². The Hall–Kier alpha value is -1.98. The Balaban J connectivity index is 1.55. The van der Waals surface area contributed by atoms with Crippen molar-refractivity contribution in [3.05, 3.63) is 59.3 Å². The molecule has 3 rings (SSSR count). The number of aromatic nitrogens is 1. The van der Waals surface area contributed by atoms with Crippen molar-refractivity contribution in [3.8, 4) is 0 Å². The highest BCUT2D eigenvalue weighted by Crippen LogP contribution is 2.39. The maximum absolute atomic E-state index is 13.2. The fourth-order valence-corrected chi connectivity index (χ4v) is 4.10. The van der Waals surface area contributed by atoms with Gasteiger partial charge in [-0.2, -0.15) is 26.3 Å². The third-order valence-corrected chi connectivity index (χ3v) is 6.30. The number of benzene rings is 1. The van der Waals surface area contributed by atoms with E-state index in [0.29, 0.717) is 38.9 Å². The van der Waals surface area contributed by atoms with Crippen LogP contribution in [0.2, 0.25) is 0 Å². The number of hydrogen-bond acceptors (Lipinski definition) is 5. The highest BCUT2D eigenvalue weighted by molar-refractivity contribution is 7.96.